The third kappa shape index (κ3) is 5.27. The average molecular weight is 444 g/mol. The lowest BCUT2D eigenvalue weighted by Crippen LogP contribution is -2.58. The van der Waals surface area contributed by atoms with Crippen LogP contribution in [0.1, 0.15) is 72.4 Å². The van der Waals surface area contributed by atoms with Crippen molar-refractivity contribution < 1.29 is 4.79 Å². The summed E-state index contributed by atoms with van der Waals surface area (Å²) in [6.45, 7) is 5.19. The molecule has 1 N–H and O–H groups in total. The van der Waals surface area contributed by atoms with Crippen molar-refractivity contribution in [2.45, 2.75) is 74.5 Å². The van der Waals surface area contributed by atoms with E-state index in [9.17, 15) is 4.79 Å². The molecule has 1 aliphatic carbocycles. The second-order valence-corrected chi connectivity index (χ2v) is 10.7. The van der Waals surface area contributed by atoms with E-state index >= 15 is 0 Å². The lowest BCUT2D eigenvalue weighted by Gasteiger charge is -2.48. The largest absolute Gasteiger partial charge is 0.350 e. The molecule has 6 heteroatoms. The Bertz CT molecular complexity index is 838. The van der Waals surface area contributed by atoms with Gasteiger partial charge in [0.15, 0.2) is 0 Å². The van der Waals surface area contributed by atoms with E-state index in [1.54, 1.807) is 23.1 Å². The Balaban J connectivity index is 1.42. The van der Waals surface area contributed by atoms with Crippen molar-refractivity contribution in [1.82, 2.24) is 15.2 Å². The fourth-order valence-electron chi connectivity index (χ4n) is 4.93. The topological polar surface area (TPSA) is 45.2 Å². The Morgan fingerprint density at radius 1 is 1.13 bits per heavy atom. The molecule has 30 heavy (non-hydrogen) atoms. The van der Waals surface area contributed by atoms with E-state index in [-0.39, 0.29) is 11.4 Å². The minimum Gasteiger partial charge on any atom is -0.350 e. The second-order valence-electron chi connectivity index (χ2n) is 8.66. The SMILES string of the molecule is Cc1nc(CSc2ccccc2C(=O)NCC2(N3CCCCC3)CCCCC2)cs1. The van der Waals surface area contributed by atoms with Crippen molar-refractivity contribution >= 4 is 29.0 Å². The van der Waals surface area contributed by atoms with Crippen LogP contribution in [0.4, 0.5) is 0 Å². The van der Waals surface area contributed by atoms with Gasteiger partial charge in [-0.05, 0) is 57.8 Å². The number of amides is 1. The van der Waals surface area contributed by atoms with Crippen LogP contribution in [0.2, 0.25) is 0 Å². The van der Waals surface area contributed by atoms with E-state index in [0.29, 0.717) is 0 Å². The number of hydrogen-bond donors (Lipinski definition) is 1. The molecule has 2 aromatic rings. The average Bonchev–Trinajstić information content (AvgIpc) is 3.22. The molecule has 1 amide bonds. The van der Waals surface area contributed by atoms with Crippen LogP contribution in [-0.4, -0.2) is 41.0 Å². The minimum absolute atomic E-state index is 0.0644. The highest BCUT2D eigenvalue weighted by molar-refractivity contribution is 7.98. The van der Waals surface area contributed by atoms with Crippen molar-refractivity contribution in [2.24, 2.45) is 0 Å². The third-order valence-electron chi connectivity index (χ3n) is 6.56. The van der Waals surface area contributed by atoms with E-state index in [0.717, 1.165) is 33.5 Å². The van der Waals surface area contributed by atoms with Gasteiger partial charge in [-0.1, -0.05) is 37.8 Å². The number of aryl methyl sites for hydroxylation is 1. The Labute approximate surface area is 188 Å². The van der Waals surface area contributed by atoms with Crippen molar-refractivity contribution in [3.63, 3.8) is 0 Å². The van der Waals surface area contributed by atoms with Crippen LogP contribution in [0.15, 0.2) is 34.5 Å². The van der Waals surface area contributed by atoms with E-state index in [4.69, 9.17) is 0 Å². The van der Waals surface area contributed by atoms with Crippen LogP contribution in [0.25, 0.3) is 0 Å². The van der Waals surface area contributed by atoms with Gasteiger partial charge in [-0.15, -0.1) is 23.1 Å². The first kappa shape index (κ1) is 21.8. The van der Waals surface area contributed by atoms with Gasteiger partial charge in [-0.25, -0.2) is 4.98 Å². The Morgan fingerprint density at radius 3 is 2.60 bits per heavy atom. The summed E-state index contributed by atoms with van der Waals surface area (Å²) in [6.07, 6.45) is 10.3. The van der Waals surface area contributed by atoms with Gasteiger partial charge in [0.1, 0.15) is 0 Å². The summed E-state index contributed by atoms with van der Waals surface area (Å²) in [6, 6.07) is 7.99. The third-order valence-corrected chi connectivity index (χ3v) is 8.49. The summed E-state index contributed by atoms with van der Waals surface area (Å²) in [4.78, 5) is 21.5. The molecule has 1 saturated carbocycles. The van der Waals surface area contributed by atoms with Crippen LogP contribution < -0.4 is 5.32 Å². The van der Waals surface area contributed by atoms with Gasteiger partial charge in [0.05, 0.1) is 16.3 Å². The molecule has 0 bridgehead atoms. The molecule has 2 aliphatic rings. The summed E-state index contributed by atoms with van der Waals surface area (Å²) < 4.78 is 0. The molecular formula is C24H33N3OS2. The molecule has 2 heterocycles. The zero-order chi connectivity index (χ0) is 20.8. The number of likely N-dealkylation sites (tertiary alicyclic amines) is 1. The number of benzene rings is 1. The number of nitrogens with one attached hydrogen (secondary N) is 1. The summed E-state index contributed by atoms with van der Waals surface area (Å²) in [5.74, 6) is 0.862. The molecule has 0 atom stereocenters. The maximum absolute atomic E-state index is 13.2. The van der Waals surface area contributed by atoms with Crippen LogP contribution in [0.5, 0.6) is 0 Å². The number of nitrogens with zero attached hydrogens (tertiary/aromatic N) is 2. The van der Waals surface area contributed by atoms with Gasteiger partial charge >= 0.3 is 0 Å². The lowest BCUT2D eigenvalue weighted by atomic mass is 9.79. The first-order valence-corrected chi connectivity index (χ1v) is 13.2. The van der Waals surface area contributed by atoms with Crippen molar-refractivity contribution in [3.8, 4) is 0 Å². The van der Waals surface area contributed by atoms with Crippen molar-refractivity contribution in [2.75, 3.05) is 19.6 Å². The maximum atomic E-state index is 13.2. The van der Waals surface area contributed by atoms with Gasteiger partial charge in [0.25, 0.3) is 5.91 Å². The molecule has 0 unspecified atom stereocenters. The summed E-state index contributed by atoms with van der Waals surface area (Å²) in [5.41, 5.74) is 2.04. The van der Waals surface area contributed by atoms with Gasteiger partial charge in [-0.2, -0.15) is 0 Å². The molecule has 1 aliphatic heterocycles. The number of thiazole rings is 1. The highest BCUT2D eigenvalue weighted by Crippen LogP contribution is 2.35. The van der Waals surface area contributed by atoms with Crippen molar-refractivity contribution in [3.05, 3.63) is 45.9 Å². The highest BCUT2D eigenvalue weighted by Gasteiger charge is 2.38. The zero-order valence-electron chi connectivity index (χ0n) is 18.0. The number of aromatic nitrogens is 1. The van der Waals surface area contributed by atoms with Crippen LogP contribution in [-0.2, 0) is 5.75 Å². The monoisotopic (exact) mass is 443 g/mol. The molecule has 2 fully saturated rings. The zero-order valence-corrected chi connectivity index (χ0v) is 19.6. The lowest BCUT2D eigenvalue weighted by molar-refractivity contribution is 0.0326. The highest BCUT2D eigenvalue weighted by atomic mass is 32.2. The Kier molecular flexibility index (Phi) is 7.50. The number of carbonyl (C=O) groups is 1. The molecule has 162 valence electrons. The molecule has 1 aromatic carbocycles. The predicted octanol–water partition coefficient (Wildman–Crippen LogP) is 5.66. The van der Waals surface area contributed by atoms with E-state index in [1.165, 1.54) is 64.5 Å². The molecular weight excluding hydrogens is 410 g/mol. The second kappa shape index (κ2) is 10.3. The fraction of sp³-hybridized carbons (Fsp3) is 0.583. The number of hydrogen-bond acceptors (Lipinski definition) is 5. The predicted molar refractivity (Wildman–Crippen MR) is 126 cm³/mol. The van der Waals surface area contributed by atoms with Crippen LogP contribution >= 0.6 is 23.1 Å². The van der Waals surface area contributed by atoms with E-state index < -0.39 is 0 Å². The molecule has 4 nitrogen and oxygen atoms in total. The number of thioether (sulfide) groups is 1. The number of rotatable bonds is 7. The van der Waals surface area contributed by atoms with E-state index in [1.807, 2.05) is 25.1 Å². The molecule has 0 spiro atoms. The first-order valence-electron chi connectivity index (χ1n) is 11.3. The summed E-state index contributed by atoms with van der Waals surface area (Å²) in [5, 5.41) is 6.54. The van der Waals surface area contributed by atoms with Crippen LogP contribution in [0.3, 0.4) is 0 Å². The fourth-order valence-corrected chi connectivity index (χ4v) is 6.59. The standard InChI is InChI=1S/C24H33N3OS2/c1-19-26-20(16-29-19)17-30-22-11-5-4-10-21(22)23(28)25-18-24(12-6-2-7-13-24)27-14-8-3-9-15-27/h4-5,10-11,16H,2-3,6-9,12-15,17-18H2,1H3,(H,25,28). The van der Waals surface area contributed by atoms with Gasteiger partial charge < -0.3 is 5.32 Å². The maximum Gasteiger partial charge on any atom is 0.252 e. The van der Waals surface area contributed by atoms with Gasteiger partial charge in [-0.3, -0.25) is 9.69 Å². The van der Waals surface area contributed by atoms with Gasteiger partial charge in [0, 0.05) is 28.1 Å². The number of piperidine rings is 1. The van der Waals surface area contributed by atoms with Crippen molar-refractivity contribution in [1.29, 1.82) is 0 Å². The molecule has 1 aromatic heterocycles. The van der Waals surface area contributed by atoms with E-state index in [2.05, 4.69) is 26.6 Å². The summed E-state index contributed by atoms with van der Waals surface area (Å²) in [7, 11) is 0. The van der Waals surface area contributed by atoms with Gasteiger partial charge in [0.2, 0.25) is 0 Å². The molecule has 4 rings (SSSR count). The smallest absolute Gasteiger partial charge is 0.252 e. The first-order chi connectivity index (χ1) is 14.7. The quantitative estimate of drug-likeness (QED) is 0.561. The number of carbonyl (C=O) groups excluding carboxylic acids is 1. The normalized spacial score (nSPS) is 19.5. The minimum atomic E-state index is 0.0644. The Morgan fingerprint density at radius 2 is 1.87 bits per heavy atom. The molecule has 0 radical (unpaired) electrons. The molecule has 1 saturated heterocycles. The Hall–Kier alpha value is -1.37. The van der Waals surface area contributed by atoms with Crippen LogP contribution in [0, 0.1) is 6.92 Å². The summed E-state index contributed by atoms with van der Waals surface area (Å²) >= 11 is 3.38.